The van der Waals surface area contributed by atoms with Crippen LogP contribution in [-0.2, 0) is 12.5 Å². The molecule has 2 aromatic rings. The second kappa shape index (κ2) is 4.25. The van der Waals surface area contributed by atoms with Crippen LogP contribution in [0.25, 0.3) is 0 Å². The Balaban J connectivity index is 1.97. The van der Waals surface area contributed by atoms with E-state index in [1.807, 2.05) is 37.5 Å². The molecule has 1 saturated carbocycles. The van der Waals surface area contributed by atoms with Crippen LogP contribution in [0, 0.1) is 0 Å². The van der Waals surface area contributed by atoms with Crippen molar-refractivity contribution in [3.05, 3.63) is 53.9 Å². The van der Waals surface area contributed by atoms with Crippen LogP contribution in [0.3, 0.4) is 0 Å². The van der Waals surface area contributed by atoms with Crippen molar-refractivity contribution in [2.45, 2.75) is 30.8 Å². The number of aryl methyl sites for hydroxylation is 1. The van der Waals surface area contributed by atoms with E-state index < -0.39 is 6.10 Å². The summed E-state index contributed by atoms with van der Waals surface area (Å²) in [6, 6.07) is 12.2. The topological polar surface area (TPSA) is 38.0 Å². The van der Waals surface area contributed by atoms with Crippen molar-refractivity contribution in [1.29, 1.82) is 0 Å². The quantitative estimate of drug-likeness (QED) is 0.898. The number of aliphatic hydroxyl groups is 1. The normalized spacial score (nSPS) is 19.2. The van der Waals surface area contributed by atoms with Crippen LogP contribution in [0.15, 0.2) is 42.6 Å². The van der Waals surface area contributed by atoms with E-state index in [1.54, 1.807) is 4.68 Å². The SMILES string of the molecule is Cn1ccc(C(O)C2(c3ccccc3)CCC2)n1. The molecule has 3 nitrogen and oxygen atoms in total. The van der Waals surface area contributed by atoms with Crippen molar-refractivity contribution in [3.8, 4) is 0 Å². The summed E-state index contributed by atoms with van der Waals surface area (Å²) >= 11 is 0. The van der Waals surface area contributed by atoms with Gasteiger partial charge in [0, 0.05) is 18.7 Å². The summed E-state index contributed by atoms with van der Waals surface area (Å²) < 4.78 is 1.75. The molecule has 0 radical (unpaired) electrons. The summed E-state index contributed by atoms with van der Waals surface area (Å²) in [7, 11) is 1.88. The monoisotopic (exact) mass is 242 g/mol. The fraction of sp³-hybridized carbons (Fsp3) is 0.400. The van der Waals surface area contributed by atoms with Crippen molar-refractivity contribution in [3.63, 3.8) is 0 Å². The lowest BCUT2D eigenvalue weighted by Crippen LogP contribution is -2.40. The molecule has 1 atom stereocenters. The van der Waals surface area contributed by atoms with Gasteiger partial charge in [0.2, 0.25) is 0 Å². The molecular formula is C15H18N2O. The summed E-state index contributed by atoms with van der Waals surface area (Å²) in [5.74, 6) is 0. The van der Waals surface area contributed by atoms with Crippen molar-refractivity contribution >= 4 is 0 Å². The predicted octanol–water partition coefficient (Wildman–Crippen LogP) is 2.58. The zero-order valence-corrected chi connectivity index (χ0v) is 10.6. The molecule has 18 heavy (non-hydrogen) atoms. The van der Waals surface area contributed by atoms with Crippen molar-refractivity contribution in [1.82, 2.24) is 9.78 Å². The standard InChI is InChI=1S/C15H18N2O/c1-17-11-8-13(16-17)14(18)15(9-5-10-15)12-6-3-2-4-7-12/h2-4,6-8,11,14,18H,5,9-10H2,1H3. The van der Waals surface area contributed by atoms with Gasteiger partial charge in [-0.05, 0) is 24.5 Å². The summed E-state index contributed by atoms with van der Waals surface area (Å²) in [6.45, 7) is 0. The van der Waals surface area contributed by atoms with E-state index in [-0.39, 0.29) is 5.41 Å². The van der Waals surface area contributed by atoms with Crippen LogP contribution in [0.5, 0.6) is 0 Å². The molecule has 94 valence electrons. The molecule has 1 heterocycles. The van der Waals surface area contributed by atoms with Gasteiger partial charge in [0.25, 0.3) is 0 Å². The fourth-order valence-corrected chi connectivity index (χ4v) is 2.91. The van der Waals surface area contributed by atoms with Crippen LogP contribution in [0.4, 0.5) is 0 Å². The van der Waals surface area contributed by atoms with E-state index in [2.05, 4.69) is 17.2 Å². The van der Waals surface area contributed by atoms with E-state index in [0.29, 0.717) is 0 Å². The number of aliphatic hydroxyl groups excluding tert-OH is 1. The third-order valence-corrected chi connectivity index (χ3v) is 4.13. The van der Waals surface area contributed by atoms with E-state index in [1.165, 1.54) is 12.0 Å². The van der Waals surface area contributed by atoms with E-state index in [9.17, 15) is 5.11 Å². The molecule has 1 unspecified atom stereocenters. The largest absolute Gasteiger partial charge is 0.386 e. The van der Waals surface area contributed by atoms with Crippen LogP contribution in [-0.4, -0.2) is 14.9 Å². The summed E-state index contributed by atoms with van der Waals surface area (Å²) in [5.41, 5.74) is 1.88. The van der Waals surface area contributed by atoms with Crippen molar-refractivity contribution < 1.29 is 5.11 Å². The maximum Gasteiger partial charge on any atom is 0.107 e. The molecule has 1 aromatic heterocycles. The molecule has 1 aromatic carbocycles. The average Bonchev–Trinajstić information content (AvgIpc) is 2.76. The lowest BCUT2D eigenvalue weighted by Gasteiger charge is -2.45. The number of rotatable bonds is 3. The Morgan fingerprint density at radius 3 is 2.44 bits per heavy atom. The third-order valence-electron chi connectivity index (χ3n) is 4.13. The number of nitrogens with zero attached hydrogens (tertiary/aromatic N) is 2. The Kier molecular flexibility index (Phi) is 2.71. The second-order valence-corrected chi connectivity index (χ2v) is 5.19. The minimum Gasteiger partial charge on any atom is -0.386 e. The minimum absolute atomic E-state index is 0.129. The van der Waals surface area contributed by atoms with Crippen molar-refractivity contribution in [2.24, 2.45) is 7.05 Å². The van der Waals surface area contributed by atoms with Crippen molar-refractivity contribution in [2.75, 3.05) is 0 Å². The Morgan fingerprint density at radius 1 is 1.22 bits per heavy atom. The van der Waals surface area contributed by atoms with Gasteiger partial charge in [0.15, 0.2) is 0 Å². The van der Waals surface area contributed by atoms with Crippen LogP contribution in [0.2, 0.25) is 0 Å². The fourth-order valence-electron chi connectivity index (χ4n) is 2.91. The number of hydrogen-bond donors (Lipinski definition) is 1. The van der Waals surface area contributed by atoms with Gasteiger partial charge in [-0.2, -0.15) is 5.10 Å². The molecule has 0 aliphatic heterocycles. The van der Waals surface area contributed by atoms with Gasteiger partial charge in [0.05, 0.1) is 5.69 Å². The van der Waals surface area contributed by atoms with Gasteiger partial charge >= 0.3 is 0 Å². The highest BCUT2D eigenvalue weighted by atomic mass is 16.3. The first kappa shape index (κ1) is 11.5. The lowest BCUT2D eigenvalue weighted by atomic mass is 9.60. The molecule has 3 heteroatoms. The van der Waals surface area contributed by atoms with Crippen LogP contribution < -0.4 is 0 Å². The van der Waals surface area contributed by atoms with Gasteiger partial charge < -0.3 is 5.11 Å². The zero-order valence-electron chi connectivity index (χ0n) is 10.6. The average molecular weight is 242 g/mol. The molecule has 1 aliphatic carbocycles. The van der Waals surface area contributed by atoms with Gasteiger partial charge in [0.1, 0.15) is 6.10 Å². The highest BCUT2D eigenvalue weighted by Crippen LogP contribution is 2.51. The molecule has 0 bridgehead atoms. The number of hydrogen-bond acceptors (Lipinski definition) is 2. The highest BCUT2D eigenvalue weighted by Gasteiger charge is 2.46. The predicted molar refractivity (Wildman–Crippen MR) is 70.1 cm³/mol. The van der Waals surface area contributed by atoms with Gasteiger partial charge in [-0.25, -0.2) is 0 Å². The van der Waals surface area contributed by atoms with E-state index in [0.717, 1.165) is 18.5 Å². The number of aromatic nitrogens is 2. The Labute approximate surface area is 107 Å². The molecule has 1 aliphatic rings. The van der Waals surface area contributed by atoms with E-state index in [4.69, 9.17) is 0 Å². The van der Waals surface area contributed by atoms with Gasteiger partial charge in [-0.1, -0.05) is 36.8 Å². The summed E-state index contributed by atoms with van der Waals surface area (Å²) in [6.07, 6.45) is 4.63. The van der Waals surface area contributed by atoms with E-state index >= 15 is 0 Å². The summed E-state index contributed by atoms with van der Waals surface area (Å²) in [4.78, 5) is 0. The Morgan fingerprint density at radius 2 is 1.94 bits per heavy atom. The van der Waals surface area contributed by atoms with Crippen LogP contribution >= 0.6 is 0 Å². The first-order valence-electron chi connectivity index (χ1n) is 6.45. The molecule has 0 saturated heterocycles. The third kappa shape index (κ3) is 1.66. The minimum atomic E-state index is -0.505. The lowest BCUT2D eigenvalue weighted by molar-refractivity contribution is 0.0234. The Hall–Kier alpha value is -1.61. The molecule has 1 N–H and O–H groups in total. The Bertz CT molecular complexity index is 528. The second-order valence-electron chi connectivity index (χ2n) is 5.19. The first-order chi connectivity index (χ1) is 8.72. The molecule has 0 spiro atoms. The van der Waals surface area contributed by atoms with Crippen LogP contribution in [0.1, 0.15) is 36.6 Å². The molecule has 3 rings (SSSR count). The molecular weight excluding hydrogens is 224 g/mol. The maximum absolute atomic E-state index is 10.7. The molecule has 1 fully saturated rings. The molecule has 0 amide bonds. The zero-order chi connectivity index (χ0) is 12.6. The van der Waals surface area contributed by atoms with Gasteiger partial charge in [-0.3, -0.25) is 4.68 Å². The maximum atomic E-state index is 10.7. The smallest absolute Gasteiger partial charge is 0.107 e. The number of benzene rings is 1. The van der Waals surface area contributed by atoms with Gasteiger partial charge in [-0.15, -0.1) is 0 Å². The highest BCUT2D eigenvalue weighted by molar-refractivity contribution is 5.32. The first-order valence-corrected chi connectivity index (χ1v) is 6.45. The summed E-state index contributed by atoms with van der Waals surface area (Å²) in [5, 5.41) is 15.0.